The first-order chi connectivity index (χ1) is 12.0. The fourth-order valence-electron chi connectivity index (χ4n) is 2.53. The Morgan fingerprint density at radius 1 is 0.840 bits per heavy atom. The normalized spacial score (nSPS) is 13.6. The molecule has 2 unspecified atom stereocenters. The molecule has 25 heavy (non-hydrogen) atoms. The van der Waals surface area contributed by atoms with Crippen molar-refractivity contribution in [3.8, 4) is 11.5 Å². The number of aliphatic hydroxyl groups is 2. The van der Waals surface area contributed by atoms with Crippen molar-refractivity contribution in [1.29, 1.82) is 0 Å². The van der Waals surface area contributed by atoms with Gasteiger partial charge in [0.15, 0.2) is 0 Å². The van der Waals surface area contributed by atoms with Crippen LogP contribution in [0.3, 0.4) is 0 Å². The molecular weight excluding hydrogens is 324 g/mol. The Morgan fingerprint density at radius 2 is 1.44 bits per heavy atom. The lowest BCUT2D eigenvalue weighted by atomic mass is 10.0. The number of hydrogen-bond acceptors (Lipinski definition) is 6. The number of ether oxygens (including phenoxy) is 4. The first-order valence-corrected chi connectivity index (χ1v) is 8.18. The van der Waals surface area contributed by atoms with Gasteiger partial charge < -0.3 is 29.2 Å². The van der Waals surface area contributed by atoms with Crippen molar-refractivity contribution in [3.05, 3.63) is 35.9 Å². The quantitative estimate of drug-likeness (QED) is 0.682. The maximum absolute atomic E-state index is 9.72. The summed E-state index contributed by atoms with van der Waals surface area (Å²) < 4.78 is 21.1. The van der Waals surface area contributed by atoms with Crippen molar-refractivity contribution in [2.45, 2.75) is 19.1 Å². The van der Waals surface area contributed by atoms with Crippen LogP contribution in [0.15, 0.2) is 30.3 Å². The van der Waals surface area contributed by atoms with Crippen LogP contribution in [0.5, 0.6) is 11.5 Å². The second kappa shape index (κ2) is 9.58. The van der Waals surface area contributed by atoms with Crippen molar-refractivity contribution < 1.29 is 29.2 Å². The summed E-state index contributed by atoms with van der Waals surface area (Å²) in [5, 5.41) is 21.5. The predicted octanol–water partition coefficient (Wildman–Crippen LogP) is 1.92. The average Bonchev–Trinajstić information content (AvgIpc) is 2.60. The van der Waals surface area contributed by atoms with E-state index in [0.29, 0.717) is 11.5 Å². The zero-order chi connectivity index (χ0) is 18.2. The van der Waals surface area contributed by atoms with Gasteiger partial charge in [-0.25, -0.2) is 0 Å². The number of aliphatic hydroxyl groups excluding tert-OH is 2. The van der Waals surface area contributed by atoms with Gasteiger partial charge in [0.1, 0.15) is 36.9 Å². The SMILES string of the molecule is COCC(O)COc1ccc2ccc(OCC(O)COC)c(C)c2c1. The maximum atomic E-state index is 9.72. The number of fused-ring (bicyclic) bond motifs is 1. The standard InChI is InChI=1S/C19H26O6/c1-13-18-8-17(24-11-15(20)9-22-2)6-4-14(18)5-7-19(13)25-12-16(21)10-23-3/h4-8,15-16,20-21H,9-12H2,1-3H3. The molecule has 6 nitrogen and oxygen atoms in total. The van der Waals surface area contributed by atoms with Crippen LogP contribution in [-0.2, 0) is 9.47 Å². The van der Waals surface area contributed by atoms with Gasteiger partial charge in [-0.05, 0) is 41.5 Å². The molecule has 2 aromatic rings. The summed E-state index contributed by atoms with van der Waals surface area (Å²) in [5.74, 6) is 1.38. The molecular formula is C19H26O6. The second-order valence-electron chi connectivity index (χ2n) is 5.91. The third kappa shape index (κ3) is 5.57. The summed E-state index contributed by atoms with van der Waals surface area (Å²) in [4.78, 5) is 0. The van der Waals surface area contributed by atoms with Crippen molar-refractivity contribution in [2.24, 2.45) is 0 Å². The first kappa shape index (κ1) is 19.5. The third-order valence-corrected chi connectivity index (χ3v) is 3.80. The van der Waals surface area contributed by atoms with Gasteiger partial charge in [-0.2, -0.15) is 0 Å². The molecule has 0 bridgehead atoms. The topological polar surface area (TPSA) is 77.4 Å². The largest absolute Gasteiger partial charge is 0.491 e. The zero-order valence-corrected chi connectivity index (χ0v) is 14.9. The molecule has 0 radical (unpaired) electrons. The van der Waals surface area contributed by atoms with E-state index < -0.39 is 12.2 Å². The summed E-state index contributed by atoms with van der Waals surface area (Å²) in [7, 11) is 3.07. The molecule has 2 atom stereocenters. The van der Waals surface area contributed by atoms with E-state index in [0.717, 1.165) is 16.3 Å². The van der Waals surface area contributed by atoms with Gasteiger partial charge in [-0.15, -0.1) is 0 Å². The fourth-order valence-corrected chi connectivity index (χ4v) is 2.53. The summed E-state index contributed by atoms with van der Waals surface area (Å²) in [6.07, 6.45) is -1.34. The number of rotatable bonds is 10. The number of aryl methyl sites for hydroxylation is 1. The van der Waals surface area contributed by atoms with E-state index in [2.05, 4.69) is 0 Å². The van der Waals surface area contributed by atoms with Crippen LogP contribution in [-0.4, -0.2) is 63.1 Å². The Morgan fingerprint density at radius 3 is 2.08 bits per heavy atom. The van der Waals surface area contributed by atoms with E-state index in [1.165, 1.54) is 14.2 Å². The lowest BCUT2D eigenvalue weighted by Gasteiger charge is -2.16. The maximum Gasteiger partial charge on any atom is 0.122 e. The monoisotopic (exact) mass is 350 g/mol. The van der Waals surface area contributed by atoms with E-state index in [4.69, 9.17) is 18.9 Å². The molecule has 0 spiro atoms. The van der Waals surface area contributed by atoms with Crippen molar-refractivity contribution in [1.82, 2.24) is 0 Å². The summed E-state index contributed by atoms with van der Waals surface area (Å²) in [6, 6.07) is 9.60. The van der Waals surface area contributed by atoms with E-state index in [1.807, 2.05) is 37.3 Å². The molecule has 2 N–H and O–H groups in total. The summed E-state index contributed by atoms with van der Waals surface area (Å²) >= 11 is 0. The van der Waals surface area contributed by atoms with Gasteiger partial charge in [0.2, 0.25) is 0 Å². The molecule has 0 amide bonds. The predicted molar refractivity (Wildman–Crippen MR) is 95.4 cm³/mol. The number of benzene rings is 2. The molecule has 138 valence electrons. The first-order valence-electron chi connectivity index (χ1n) is 8.18. The lowest BCUT2D eigenvalue weighted by Crippen LogP contribution is -2.22. The van der Waals surface area contributed by atoms with Crippen LogP contribution in [0.1, 0.15) is 5.56 Å². The van der Waals surface area contributed by atoms with E-state index in [-0.39, 0.29) is 26.4 Å². The van der Waals surface area contributed by atoms with Gasteiger partial charge >= 0.3 is 0 Å². The molecule has 0 aliphatic heterocycles. The Hall–Kier alpha value is -1.86. The van der Waals surface area contributed by atoms with Crippen LogP contribution >= 0.6 is 0 Å². The molecule has 0 aliphatic rings. The molecule has 0 saturated carbocycles. The minimum Gasteiger partial charge on any atom is -0.491 e. The smallest absolute Gasteiger partial charge is 0.122 e. The molecule has 0 aromatic heterocycles. The van der Waals surface area contributed by atoms with Gasteiger partial charge in [0.25, 0.3) is 0 Å². The molecule has 0 aliphatic carbocycles. The van der Waals surface area contributed by atoms with Gasteiger partial charge in [-0.1, -0.05) is 12.1 Å². The van der Waals surface area contributed by atoms with Crippen LogP contribution in [0, 0.1) is 6.92 Å². The van der Waals surface area contributed by atoms with Gasteiger partial charge in [0.05, 0.1) is 13.2 Å². The van der Waals surface area contributed by atoms with Gasteiger partial charge in [0, 0.05) is 14.2 Å². The molecule has 0 heterocycles. The lowest BCUT2D eigenvalue weighted by molar-refractivity contribution is 0.0324. The Kier molecular flexibility index (Phi) is 7.46. The Balaban J connectivity index is 2.11. The highest BCUT2D eigenvalue weighted by molar-refractivity contribution is 5.88. The molecule has 0 saturated heterocycles. The van der Waals surface area contributed by atoms with Crippen molar-refractivity contribution in [3.63, 3.8) is 0 Å². The average molecular weight is 350 g/mol. The second-order valence-corrected chi connectivity index (χ2v) is 5.91. The zero-order valence-electron chi connectivity index (χ0n) is 14.9. The van der Waals surface area contributed by atoms with Crippen molar-refractivity contribution >= 4 is 10.8 Å². The van der Waals surface area contributed by atoms with Gasteiger partial charge in [-0.3, -0.25) is 0 Å². The summed E-state index contributed by atoms with van der Waals surface area (Å²) in [6.45, 7) is 2.75. The molecule has 6 heteroatoms. The van der Waals surface area contributed by atoms with E-state index in [1.54, 1.807) is 0 Å². The number of methoxy groups -OCH3 is 2. The molecule has 2 aromatic carbocycles. The number of hydrogen-bond donors (Lipinski definition) is 2. The van der Waals surface area contributed by atoms with E-state index in [9.17, 15) is 10.2 Å². The molecule has 0 fully saturated rings. The van der Waals surface area contributed by atoms with Crippen molar-refractivity contribution in [2.75, 3.05) is 40.6 Å². The highest BCUT2D eigenvalue weighted by Gasteiger charge is 2.10. The molecule has 2 rings (SSSR count). The third-order valence-electron chi connectivity index (χ3n) is 3.80. The van der Waals surface area contributed by atoms with Crippen LogP contribution in [0.2, 0.25) is 0 Å². The fraction of sp³-hybridized carbons (Fsp3) is 0.474. The summed E-state index contributed by atoms with van der Waals surface area (Å²) in [5.41, 5.74) is 0.963. The Labute approximate surface area is 147 Å². The highest BCUT2D eigenvalue weighted by Crippen LogP contribution is 2.30. The Bertz CT molecular complexity index is 667. The highest BCUT2D eigenvalue weighted by atomic mass is 16.5. The minimum atomic E-state index is -0.669. The van der Waals surface area contributed by atoms with Crippen LogP contribution in [0.25, 0.3) is 10.8 Å². The minimum absolute atomic E-state index is 0.164. The van der Waals surface area contributed by atoms with Crippen LogP contribution < -0.4 is 9.47 Å². The van der Waals surface area contributed by atoms with Crippen LogP contribution in [0.4, 0.5) is 0 Å². The van der Waals surface area contributed by atoms with E-state index >= 15 is 0 Å².